The van der Waals surface area contributed by atoms with Gasteiger partial charge in [0.2, 0.25) is 11.8 Å². The summed E-state index contributed by atoms with van der Waals surface area (Å²) in [5.41, 5.74) is -0.543. The van der Waals surface area contributed by atoms with Gasteiger partial charge in [-0.05, 0) is 48.6 Å². The van der Waals surface area contributed by atoms with Gasteiger partial charge in [0.25, 0.3) is 0 Å². The van der Waals surface area contributed by atoms with Crippen molar-refractivity contribution in [1.29, 1.82) is 0 Å². The van der Waals surface area contributed by atoms with Crippen molar-refractivity contribution in [1.82, 2.24) is 9.88 Å². The molecular formula is C28H27BrF3N5O5. The number of pyridine rings is 1. The van der Waals surface area contributed by atoms with Crippen molar-refractivity contribution in [2.24, 2.45) is 5.41 Å². The van der Waals surface area contributed by atoms with E-state index in [1.807, 2.05) is 0 Å². The zero-order chi connectivity index (χ0) is 29.1. The summed E-state index contributed by atoms with van der Waals surface area (Å²) in [5, 5.41) is 16.9. The lowest BCUT2D eigenvalue weighted by atomic mass is 9.97. The van der Waals surface area contributed by atoms with E-state index < -0.39 is 46.7 Å². The van der Waals surface area contributed by atoms with E-state index in [0.717, 1.165) is 12.1 Å². The number of likely N-dealkylation sites (tertiary alicyclic amines) is 1. The molecule has 10 nitrogen and oxygen atoms in total. The predicted octanol–water partition coefficient (Wildman–Crippen LogP) is 5.22. The van der Waals surface area contributed by atoms with Gasteiger partial charge in [-0.15, -0.1) is 17.0 Å². The molecule has 1 aromatic heterocycles. The van der Waals surface area contributed by atoms with E-state index in [0.29, 0.717) is 18.5 Å². The van der Waals surface area contributed by atoms with Gasteiger partial charge in [-0.3, -0.25) is 14.9 Å². The number of aromatic nitrogens is 1. The molecule has 4 amide bonds. The summed E-state index contributed by atoms with van der Waals surface area (Å²) < 4.78 is 48.1. The minimum Gasteiger partial charge on any atom is -0.454 e. The third-order valence-electron chi connectivity index (χ3n) is 6.80. The average Bonchev–Trinajstić information content (AvgIpc) is 3.64. The number of amides is 4. The number of carbonyl (C=O) groups is 3. The van der Waals surface area contributed by atoms with Crippen LogP contribution in [0.15, 0.2) is 54.7 Å². The standard InChI is InChI=1S/C28H26F3N5O5.BrH/c29-16-1-3-17(4-2-16)33-25(38)12-28(6-7-28)13-26(39)34-22-10-21(31)23(11-20(22)30)41-19-5-8-32-24(9-19)35-27(40)36-14-18(37)15-36;/h1-5,8-11,18,37H,6-7,12-15H2,(H,33,38)(H,34,39)(H,32,35,40);1H. The number of carbonyl (C=O) groups excluding carboxylic acids is 3. The number of β-amino-alcohol motifs (C(OH)–C–C–N with tert-alkyl or cyclic N) is 1. The first-order valence-corrected chi connectivity index (χ1v) is 12.8. The van der Waals surface area contributed by atoms with Crippen molar-refractivity contribution in [3.8, 4) is 11.5 Å². The van der Waals surface area contributed by atoms with Gasteiger partial charge >= 0.3 is 6.03 Å². The smallest absolute Gasteiger partial charge is 0.323 e. The van der Waals surface area contributed by atoms with Crippen molar-refractivity contribution >= 4 is 52.0 Å². The van der Waals surface area contributed by atoms with Crippen LogP contribution < -0.4 is 20.7 Å². The molecule has 0 unspecified atom stereocenters. The van der Waals surface area contributed by atoms with Crippen LogP contribution in [-0.2, 0) is 9.59 Å². The molecule has 0 radical (unpaired) electrons. The SMILES string of the molecule is Br.O=C(CC1(CC(=O)Nc2cc(F)c(Oc3ccnc(NC(=O)N4CC(O)C4)c3)cc2F)CC1)Nc1ccc(F)cc1. The zero-order valence-electron chi connectivity index (χ0n) is 22.0. The fourth-order valence-corrected chi connectivity index (χ4v) is 4.39. The lowest BCUT2D eigenvalue weighted by molar-refractivity contribution is -0.119. The second kappa shape index (κ2) is 12.8. The van der Waals surface area contributed by atoms with Crippen LogP contribution in [0.2, 0.25) is 0 Å². The first-order chi connectivity index (χ1) is 19.6. The van der Waals surface area contributed by atoms with E-state index in [4.69, 9.17) is 4.74 Å². The molecular weight excluding hydrogens is 623 g/mol. The van der Waals surface area contributed by atoms with E-state index in [2.05, 4.69) is 20.9 Å². The van der Waals surface area contributed by atoms with Gasteiger partial charge in [-0.2, -0.15) is 0 Å². The highest BCUT2D eigenvalue weighted by molar-refractivity contribution is 8.93. The number of hydrogen-bond acceptors (Lipinski definition) is 6. The Morgan fingerprint density at radius 3 is 2.24 bits per heavy atom. The average molecular weight is 650 g/mol. The number of nitrogens with one attached hydrogen (secondary N) is 3. The minimum atomic E-state index is -0.946. The van der Waals surface area contributed by atoms with Crippen LogP contribution in [0.4, 0.5) is 35.2 Å². The summed E-state index contributed by atoms with van der Waals surface area (Å²) >= 11 is 0. The van der Waals surface area contributed by atoms with E-state index in [1.54, 1.807) is 0 Å². The van der Waals surface area contributed by atoms with Gasteiger partial charge in [0.05, 0.1) is 24.9 Å². The summed E-state index contributed by atoms with van der Waals surface area (Å²) in [6.07, 6.45) is 1.97. The maximum absolute atomic E-state index is 14.8. The topological polar surface area (TPSA) is 133 Å². The molecule has 222 valence electrons. The monoisotopic (exact) mass is 649 g/mol. The first kappa shape index (κ1) is 30.8. The number of nitrogens with zero attached hydrogens (tertiary/aromatic N) is 2. The molecule has 2 aliphatic rings. The Kier molecular flexibility index (Phi) is 9.36. The third-order valence-corrected chi connectivity index (χ3v) is 6.80. The molecule has 4 N–H and O–H groups in total. The van der Waals surface area contributed by atoms with Gasteiger partial charge in [0.15, 0.2) is 17.4 Å². The Bertz CT molecular complexity index is 1480. The summed E-state index contributed by atoms with van der Waals surface area (Å²) in [4.78, 5) is 42.5. The van der Waals surface area contributed by atoms with E-state index in [9.17, 15) is 32.7 Å². The molecule has 1 aliphatic carbocycles. The maximum atomic E-state index is 14.8. The summed E-state index contributed by atoms with van der Waals surface area (Å²) in [7, 11) is 0. The number of halogens is 4. The fourth-order valence-electron chi connectivity index (χ4n) is 4.39. The Balaban J connectivity index is 0.00000405. The van der Waals surface area contributed by atoms with E-state index in [1.165, 1.54) is 47.5 Å². The molecule has 1 saturated heterocycles. The Labute approximate surface area is 249 Å². The van der Waals surface area contributed by atoms with Crippen LogP contribution in [0.1, 0.15) is 25.7 Å². The summed E-state index contributed by atoms with van der Waals surface area (Å²) in [6.45, 7) is 0.395. The van der Waals surface area contributed by atoms with Gasteiger partial charge in [0.1, 0.15) is 17.4 Å². The second-order valence-electron chi connectivity index (χ2n) is 10.2. The summed E-state index contributed by atoms with van der Waals surface area (Å²) in [5.74, 6) is -3.49. The number of anilines is 3. The third kappa shape index (κ3) is 7.76. The molecule has 14 heteroatoms. The van der Waals surface area contributed by atoms with Gasteiger partial charge in [-0.1, -0.05) is 0 Å². The largest absolute Gasteiger partial charge is 0.454 e. The van der Waals surface area contributed by atoms with Crippen LogP contribution in [0, 0.1) is 22.9 Å². The molecule has 2 heterocycles. The van der Waals surface area contributed by atoms with Crippen molar-refractivity contribution in [2.75, 3.05) is 29.0 Å². The lowest BCUT2D eigenvalue weighted by Crippen LogP contribution is -2.54. The number of rotatable bonds is 9. The maximum Gasteiger partial charge on any atom is 0.323 e. The number of ether oxygens (including phenoxy) is 1. The Hall–Kier alpha value is -4.17. The highest BCUT2D eigenvalue weighted by Gasteiger charge is 2.46. The molecule has 0 bridgehead atoms. The van der Waals surface area contributed by atoms with Crippen LogP contribution in [-0.4, -0.2) is 52.0 Å². The molecule has 2 aromatic carbocycles. The summed E-state index contributed by atoms with van der Waals surface area (Å²) in [6, 6.07) is 9.11. The molecule has 3 aromatic rings. The number of benzene rings is 2. The molecule has 2 fully saturated rings. The molecule has 1 saturated carbocycles. The van der Waals surface area contributed by atoms with Gasteiger partial charge in [-0.25, -0.2) is 22.9 Å². The number of hydrogen-bond donors (Lipinski definition) is 4. The van der Waals surface area contributed by atoms with Crippen LogP contribution >= 0.6 is 17.0 Å². The first-order valence-electron chi connectivity index (χ1n) is 12.8. The van der Waals surface area contributed by atoms with Crippen LogP contribution in [0.3, 0.4) is 0 Å². The highest BCUT2D eigenvalue weighted by atomic mass is 79.9. The molecule has 0 atom stereocenters. The number of aliphatic hydroxyl groups excluding tert-OH is 1. The Morgan fingerprint density at radius 2 is 1.60 bits per heavy atom. The molecule has 1 aliphatic heterocycles. The van der Waals surface area contributed by atoms with Crippen molar-refractivity contribution in [3.05, 3.63) is 72.2 Å². The minimum absolute atomic E-state index is 0. The van der Waals surface area contributed by atoms with Crippen LogP contribution in [0.25, 0.3) is 0 Å². The fraction of sp³-hybridized carbons (Fsp3) is 0.286. The van der Waals surface area contributed by atoms with Gasteiger partial charge < -0.3 is 25.4 Å². The van der Waals surface area contributed by atoms with Crippen molar-refractivity contribution in [3.63, 3.8) is 0 Å². The van der Waals surface area contributed by atoms with Gasteiger partial charge in [0, 0.05) is 42.9 Å². The van der Waals surface area contributed by atoms with Crippen molar-refractivity contribution < 1.29 is 37.4 Å². The Morgan fingerprint density at radius 1 is 0.929 bits per heavy atom. The predicted molar refractivity (Wildman–Crippen MR) is 152 cm³/mol. The number of urea groups is 1. The van der Waals surface area contributed by atoms with Crippen LogP contribution in [0.5, 0.6) is 11.5 Å². The normalized spacial score (nSPS) is 15.1. The highest BCUT2D eigenvalue weighted by Crippen LogP contribution is 2.52. The molecule has 5 rings (SSSR count). The van der Waals surface area contributed by atoms with Crippen molar-refractivity contribution in [2.45, 2.75) is 31.8 Å². The second-order valence-corrected chi connectivity index (χ2v) is 10.2. The lowest BCUT2D eigenvalue weighted by Gasteiger charge is -2.35. The van der Waals surface area contributed by atoms with E-state index in [-0.39, 0.29) is 66.1 Å². The quantitative estimate of drug-likeness (QED) is 0.251. The van der Waals surface area contributed by atoms with E-state index >= 15 is 0 Å². The zero-order valence-corrected chi connectivity index (χ0v) is 23.7. The molecule has 0 spiro atoms. The molecule has 42 heavy (non-hydrogen) atoms. The number of aliphatic hydroxyl groups is 1.